The van der Waals surface area contributed by atoms with Crippen LogP contribution in [0.15, 0.2) is 60.8 Å². The van der Waals surface area contributed by atoms with Crippen LogP contribution >= 0.6 is 0 Å². The van der Waals surface area contributed by atoms with Gasteiger partial charge in [-0.05, 0) is 37.3 Å². The number of fused-ring (bicyclic) bond motifs is 1. The number of nitrogens with zero attached hydrogens (tertiary/aromatic N) is 2. The van der Waals surface area contributed by atoms with Gasteiger partial charge in [0.2, 0.25) is 16.0 Å². The third kappa shape index (κ3) is 4.04. The van der Waals surface area contributed by atoms with Crippen LogP contribution in [-0.2, 0) is 10.0 Å². The summed E-state index contributed by atoms with van der Waals surface area (Å²) in [4.78, 5) is 12.0. The summed E-state index contributed by atoms with van der Waals surface area (Å²) in [6.45, 7) is 1.49. The van der Waals surface area contributed by atoms with E-state index >= 15 is 0 Å². The molecule has 9 heteroatoms. The first-order valence-electron chi connectivity index (χ1n) is 8.93. The van der Waals surface area contributed by atoms with Gasteiger partial charge < -0.3 is 10.3 Å². The Morgan fingerprint density at radius 2 is 1.86 bits per heavy atom. The van der Waals surface area contributed by atoms with Gasteiger partial charge >= 0.3 is 0 Å². The molecule has 0 bridgehead atoms. The van der Waals surface area contributed by atoms with E-state index in [0.29, 0.717) is 22.9 Å². The predicted molar refractivity (Wildman–Crippen MR) is 112 cm³/mol. The molecule has 0 aliphatic heterocycles. The average Bonchev–Trinajstić information content (AvgIpc) is 3.18. The van der Waals surface area contributed by atoms with Gasteiger partial charge in [0, 0.05) is 22.8 Å². The predicted octanol–water partition coefficient (Wildman–Crippen LogP) is 4.27. The average molecular weight is 411 g/mol. The van der Waals surface area contributed by atoms with Crippen molar-refractivity contribution in [2.75, 3.05) is 15.8 Å². The van der Waals surface area contributed by atoms with E-state index < -0.39 is 15.8 Å². The molecule has 2 aromatic carbocycles. The van der Waals surface area contributed by atoms with E-state index in [1.165, 1.54) is 19.1 Å². The molecule has 0 saturated carbocycles. The second-order valence-corrected chi connectivity index (χ2v) is 8.34. The highest BCUT2D eigenvalue weighted by atomic mass is 32.2. The Balaban J connectivity index is 1.75. The number of rotatable bonds is 6. The molecule has 0 aliphatic rings. The molecule has 3 N–H and O–H groups in total. The second kappa shape index (κ2) is 7.51. The van der Waals surface area contributed by atoms with E-state index in [1.54, 1.807) is 12.3 Å². The molecule has 0 unspecified atom stereocenters. The lowest BCUT2D eigenvalue weighted by Gasteiger charge is -2.11. The van der Waals surface area contributed by atoms with Gasteiger partial charge in [0.05, 0.1) is 17.1 Å². The number of H-pyrrole nitrogens is 1. The molecule has 148 valence electrons. The molecule has 0 aliphatic carbocycles. The Morgan fingerprint density at radius 1 is 1.07 bits per heavy atom. The van der Waals surface area contributed by atoms with Crippen LogP contribution in [0.5, 0.6) is 0 Å². The van der Waals surface area contributed by atoms with Gasteiger partial charge in [-0.3, -0.25) is 4.72 Å². The minimum atomic E-state index is -3.57. The first-order valence-corrected chi connectivity index (χ1v) is 10.6. The number of aromatic nitrogens is 3. The lowest BCUT2D eigenvalue weighted by atomic mass is 10.1. The first kappa shape index (κ1) is 18.9. The highest BCUT2D eigenvalue weighted by molar-refractivity contribution is 7.92. The monoisotopic (exact) mass is 411 g/mol. The van der Waals surface area contributed by atoms with Crippen molar-refractivity contribution in [3.05, 3.63) is 66.6 Å². The topological polar surface area (TPSA) is 99.8 Å². The third-order valence-electron chi connectivity index (χ3n) is 4.33. The molecule has 0 fully saturated rings. The van der Waals surface area contributed by atoms with Crippen molar-refractivity contribution in [1.82, 2.24) is 15.0 Å². The smallest absolute Gasteiger partial charge is 0.232 e. The third-order valence-corrected chi connectivity index (χ3v) is 5.62. The summed E-state index contributed by atoms with van der Waals surface area (Å²) in [5, 5.41) is 3.86. The number of anilines is 3. The summed E-state index contributed by atoms with van der Waals surface area (Å²) < 4.78 is 40.3. The molecule has 4 aromatic rings. The summed E-state index contributed by atoms with van der Waals surface area (Å²) >= 11 is 0. The van der Waals surface area contributed by atoms with Gasteiger partial charge in [-0.2, -0.15) is 4.98 Å². The van der Waals surface area contributed by atoms with E-state index in [0.717, 1.165) is 11.1 Å². The zero-order valence-corrected chi connectivity index (χ0v) is 16.3. The van der Waals surface area contributed by atoms with Crippen LogP contribution in [0.25, 0.3) is 22.3 Å². The highest BCUT2D eigenvalue weighted by Gasteiger charge is 2.15. The second-order valence-electron chi connectivity index (χ2n) is 6.33. The highest BCUT2D eigenvalue weighted by Crippen LogP contribution is 2.30. The van der Waals surface area contributed by atoms with Crippen molar-refractivity contribution in [2.45, 2.75) is 6.92 Å². The quantitative estimate of drug-likeness (QED) is 0.440. The van der Waals surface area contributed by atoms with Crippen LogP contribution in [0.4, 0.5) is 21.7 Å². The molecule has 0 saturated heterocycles. The molecule has 4 rings (SSSR count). The number of aromatic amines is 1. The van der Waals surface area contributed by atoms with Gasteiger partial charge in [0.15, 0.2) is 0 Å². The molecule has 0 atom stereocenters. The Hall–Kier alpha value is -3.46. The minimum absolute atomic E-state index is 0.0994. The normalized spacial score (nSPS) is 11.5. The fourth-order valence-electron chi connectivity index (χ4n) is 2.85. The van der Waals surface area contributed by atoms with Crippen molar-refractivity contribution in [3.63, 3.8) is 0 Å². The molecule has 0 amide bonds. The number of nitrogens with one attached hydrogen (secondary N) is 3. The summed E-state index contributed by atoms with van der Waals surface area (Å²) in [6, 6.07) is 15.5. The summed E-state index contributed by atoms with van der Waals surface area (Å²) in [7, 11) is -3.57. The lowest BCUT2D eigenvalue weighted by Crippen LogP contribution is -2.15. The van der Waals surface area contributed by atoms with Gasteiger partial charge in [-0.1, -0.05) is 24.3 Å². The molecule has 29 heavy (non-hydrogen) atoms. The molecule has 0 radical (unpaired) electrons. The van der Waals surface area contributed by atoms with E-state index in [1.807, 2.05) is 36.4 Å². The van der Waals surface area contributed by atoms with Gasteiger partial charge in [0.25, 0.3) is 0 Å². The van der Waals surface area contributed by atoms with Crippen LogP contribution < -0.4 is 10.0 Å². The van der Waals surface area contributed by atoms with Crippen molar-refractivity contribution in [3.8, 4) is 11.3 Å². The zero-order chi connectivity index (χ0) is 20.4. The van der Waals surface area contributed by atoms with E-state index in [9.17, 15) is 12.8 Å². The van der Waals surface area contributed by atoms with Crippen molar-refractivity contribution in [2.24, 2.45) is 0 Å². The van der Waals surface area contributed by atoms with E-state index in [4.69, 9.17) is 0 Å². The summed E-state index contributed by atoms with van der Waals surface area (Å²) in [5.41, 5.74) is 2.35. The number of hydrogen-bond acceptors (Lipinski definition) is 5. The number of halogens is 1. The fourth-order valence-corrected chi connectivity index (χ4v) is 3.50. The molecule has 7 nitrogen and oxygen atoms in total. The molecular weight excluding hydrogens is 393 g/mol. The summed E-state index contributed by atoms with van der Waals surface area (Å²) in [6.07, 6.45) is 1.73. The van der Waals surface area contributed by atoms with Gasteiger partial charge in [-0.15, -0.1) is 0 Å². The van der Waals surface area contributed by atoms with Crippen molar-refractivity contribution < 1.29 is 12.8 Å². The standard InChI is InChI=1S/C20H18FN5O2S/c1-2-29(27,28)26-17-9-8-13(12-16(17)21)18-15-10-11-22-19(15)25-20(24-18)23-14-6-4-3-5-7-14/h3-12,26H,2H2,1H3,(H2,22,23,24,25). The molecule has 2 heterocycles. The van der Waals surface area contributed by atoms with Crippen molar-refractivity contribution >= 4 is 38.4 Å². The number of hydrogen-bond donors (Lipinski definition) is 3. The zero-order valence-electron chi connectivity index (χ0n) is 15.5. The Labute approximate surface area is 167 Å². The lowest BCUT2D eigenvalue weighted by molar-refractivity contribution is 0.599. The van der Waals surface area contributed by atoms with Crippen LogP contribution in [-0.4, -0.2) is 29.1 Å². The molecule has 2 aromatic heterocycles. The Bertz CT molecular complexity index is 1270. The number of benzene rings is 2. The van der Waals surface area contributed by atoms with Crippen LogP contribution in [0.3, 0.4) is 0 Å². The van der Waals surface area contributed by atoms with Gasteiger partial charge in [-0.25, -0.2) is 17.8 Å². The molecular formula is C20H18FN5O2S. The maximum Gasteiger partial charge on any atom is 0.232 e. The maximum absolute atomic E-state index is 14.6. The van der Waals surface area contributed by atoms with E-state index in [2.05, 4.69) is 25.0 Å². The molecule has 0 spiro atoms. The maximum atomic E-state index is 14.6. The summed E-state index contributed by atoms with van der Waals surface area (Å²) in [5.74, 6) is -0.463. The largest absolute Gasteiger partial charge is 0.346 e. The van der Waals surface area contributed by atoms with Crippen molar-refractivity contribution in [1.29, 1.82) is 0 Å². The minimum Gasteiger partial charge on any atom is -0.346 e. The van der Waals surface area contributed by atoms with E-state index in [-0.39, 0.29) is 11.4 Å². The van der Waals surface area contributed by atoms with Crippen LogP contribution in [0, 0.1) is 5.82 Å². The number of para-hydroxylation sites is 1. The SMILES string of the molecule is CCS(=O)(=O)Nc1ccc(-c2nc(Nc3ccccc3)nc3[nH]ccc23)cc1F. The van der Waals surface area contributed by atoms with Crippen LogP contribution in [0.2, 0.25) is 0 Å². The Morgan fingerprint density at radius 3 is 2.59 bits per heavy atom. The van der Waals surface area contributed by atoms with Gasteiger partial charge in [0.1, 0.15) is 11.5 Å². The first-order chi connectivity index (χ1) is 13.9. The fraction of sp³-hybridized carbons (Fsp3) is 0.100. The Kier molecular flexibility index (Phi) is 4.89. The van der Waals surface area contributed by atoms with Crippen LogP contribution in [0.1, 0.15) is 6.92 Å². The number of sulfonamides is 1.